The van der Waals surface area contributed by atoms with Gasteiger partial charge in [0.1, 0.15) is 78.1 Å². The van der Waals surface area contributed by atoms with Crippen LogP contribution < -0.4 is 53.6 Å². The third-order valence-electron chi connectivity index (χ3n) is 17.2. The van der Waals surface area contributed by atoms with Crippen molar-refractivity contribution in [3.05, 3.63) is 65.4 Å². The van der Waals surface area contributed by atoms with E-state index in [1.165, 1.54) is 92.0 Å². The fourth-order valence-corrected chi connectivity index (χ4v) is 10.8. The van der Waals surface area contributed by atoms with Gasteiger partial charge in [0.05, 0.1) is 31.9 Å². The Bertz CT molecular complexity index is 3140. The van der Waals surface area contributed by atoms with Crippen molar-refractivity contribution in [2.24, 2.45) is 29.4 Å². The number of phenolic OH excluding ortho intramolecular Hbond substituents is 1. The molecule has 2 saturated heterocycles. The first-order chi connectivity index (χ1) is 46.3. The van der Waals surface area contributed by atoms with Gasteiger partial charge in [-0.3, -0.25) is 57.5 Å². The second kappa shape index (κ2) is 39.0. The number of hydrogen-bond acceptors (Lipinski definition) is 21. The van der Waals surface area contributed by atoms with E-state index in [1.807, 2.05) is 19.9 Å². The highest BCUT2D eigenvalue weighted by atomic mass is 16.5. The van der Waals surface area contributed by atoms with Crippen LogP contribution in [0.1, 0.15) is 120 Å². The van der Waals surface area contributed by atoms with Gasteiger partial charge in [-0.25, -0.2) is 4.79 Å². The highest BCUT2D eigenvalue weighted by Crippen LogP contribution is 2.29. The van der Waals surface area contributed by atoms with Crippen molar-refractivity contribution >= 4 is 76.9 Å². The van der Waals surface area contributed by atoms with E-state index in [-0.39, 0.29) is 30.2 Å². The number of hydrogen-bond donors (Lipinski definition) is 15. The molecule has 33 heteroatoms. The number of nitrogens with one attached hydrogen (secondary N) is 9. The maximum absolute atomic E-state index is 15.3. The maximum Gasteiger partial charge on any atom is 0.329 e. The van der Waals surface area contributed by atoms with Crippen LogP contribution in [0.4, 0.5) is 0 Å². The Morgan fingerprint density at radius 2 is 1.49 bits per heavy atom. The number of esters is 1. The molecule has 1 aromatic rings. The molecule has 0 spiro atoms. The Kier molecular flexibility index (Phi) is 33.3. The number of ether oxygens (including phenoxy) is 3. The number of fused-ring (bicyclic) bond motifs is 1. The molecule has 0 radical (unpaired) electrons. The molecule has 2 fully saturated rings. The summed E-state index contributed by atoms with van der Waals surface area (Å²) in [5.41, 5.74) is 3.64. The van der Waals surface area contributed by atoms with Crippen molar-refractivity contribution in [3.8, 4) is 5.75 Å². The number of carbonyl (C=O) groups is 13. The van der Waals surface area contributed by atoms with Crippen LogP contribution in [0.25, 0.3) is 0 Å². The second-order valence-corrected chi connectivity index (χ2v) is 25.5. The van der Waals surface area contributed by atoms with Crippen molar-refractivity contribution in [3.63, 3.8) is 0 Å². The Morgan fingerprint density at radius 1 is 0.859 bits per heavy atom. The van der Waals surface area contributed by atoms with Gasteiger partial charge in [0.15, 0.2) is 5.60 Å². The molecule has 2 aliphatic heterocycles. The summed E-state index contributed by atoms with van der Waals surface area (Å²) in [6, 6.07) is -8.70. The zero-order valence-electron chi connectivity index (χ0n) is 58.8. The smallest absolute Gasteiger partial charge is 0.329 e. The average molecular weight is 1400 g/mol. The molecular formula is C66H102N12O21. The number of phenols is 1. The lowest BCUT2D eigenvalue weighted by atomic mass is 9.87. The van der Waals surface area contributed by atoms with E-state index in [2.05, 4.69) is 47.9 Å². The molecular weight excluding hydrogens is 1300 g/mol. The second-order valence-electron chi connectivity index (χ2n) is 25.5. The minimum atomic E-state index is -2.45. The summed E-state index contributed by atoms with van der Waals surface area (Å²) < 4.78 is 17.3. The lowest BCUT2D eigenvalue weighted by Gasteiger charge is -2.40. The van der Waals surface area contributed by atoms with Gasteiger partial charge in [0, 0.05) is 33.7 Å². The normalized spacial score (nSPS) is 24.1. The number of benzene rings is 1. The highest BCUT2D eigenvalue weighted by molar-refractivity contribution is 6.03. The number of rotatable bonds is 26. The first-order valence-corrected chi connectivity index (χ1v) is 32.6. The van der Waals surface area contributed by atoms with E-state index in [4.69, 9.17) is 19.9 Å². The number of cyclic esters (lactones) is 1. The van der Waals surface area contributed by atoms with Crippen LogP contribution in [-0.4, -0.2) is 238 Å². The highest BCUT2D eigenvalue weighted by Gasteiger charge is 2.47. The zero-order valence-corrected chi connectivity index (χ0v) is 58.8. The lowest BCUT2D eigenvalue weighted by Crippen LogP contribution is -2.64. The summed E-state index contributed by atoms with van der Waals surface area (Å²) in [6.45, 7) is 14.7. The molecule has 0 bridgehead atoms. The first kappa shape index (κ1) is 84.3. The molecule has 17 atom stereocenters. The monoisotopic (exact) mass is 1400 g/mol. The fraction of sp³-hybridized carbons (Fsp3) is 0.621. The number of aliphatic hydroxyl groups is 4. The summed E-state index contributed by atoms with van der Waals surface area (Å²) in [6.07, 6.45) is -1.18. The van der Waals surface area contributed by atoms with Crippen LogP contribution in [0.3, 0.4) is 0 Å². The lowest BCUT2D eigenvalue weighted by molar-refractivity contribution is -0.168. The zero-order chi connectivity index (χ0) is 75.1. The molecule has 33 nitrogen and oxygen atoms in total. The summed E-state index contributed by atoms with van der Waals surface area (Å²) >= 11 is 0. The van der Waals surface area contributed by atoms with Crippen LogP contribution in [0.15, 0.2) is 59.8 Å². The SMILES string of the molecule is C/C=C(\NC(=O)[C@H](NC(=O)CNC(=O)C(C)(O)C(O)/C=C\C(C)=C\C(C)CC)[C@@H](C)O)C(=O)N[C@H](C(=O)N[C@H]1C(=O)N[C@H](COC)C(=O)NCC(=O)N[C@@H](C)C(=O)N(C)[C@H]([C@@H](C)O)C(=O)NC(C(OC)c2ccc(O)cc2)C(=O)N2CCCC[C@H]2C(=O)O[C@@H]1C(C)C)[C@@H](C)[C@@H](C)C(N)=O. The van der Waals surface area contributed by atoms with Crippen LogP contribution in [0.2, 0.25) is 0 Å². The quantitative estimate of drug-likeness (QED) is 0.0248. The summed E-state index contributed by atoms with van der Waals surface area (Å²) in [5.74, 6) is -17.9. The van der Waals surface area contributed by atoms with E-state index >= 15 is 19.2 Å². The summed E-state index contributed by atoms with van der Waals surface area (Å²) in [5, 5.41) is 75.0. The molecule has 1 aromatic carbocycles. The van der Waals surface area contributed by atoms with Crippen LogP contribution in [0.5, 0.6) is 5.75 Å². The van der Waals surface area contributed by atoms with Crippen LogP contribution in [0, 0.1) is 23.7 Å². The Morgan fingerprint density at radius 3 is 2.05 bits per heavy atom. The number of carbonyl (C=O) groups excluding carboxylic acids is 13. The molecule has 552 valence electrons. The van der Waals surface area contributed by atoms with E-state index in [1.54, 1.807) is 6.92 Å². The standard InChI is InChI=1S/C66H102N12O21/c1-16-33(5)28-34(6)21-26-45(82)66(12,96)65(95)69-30-47(84)73-49(38(10)79)59(89)71-42(17-2)57(87)74-48(35(7)36(8)55(67)85)58(88)75-50-53(32(3)4)99-64(94)44-20-18-19-27-78(44)63(93)51(54(98-15)40-22-24-41(81)25-23-40)76-61(91)52(39(11)80)77(13)62(92)37(9)70-46(83)29-68-56(86)43(31-97-14)72-60(50)90/h17,21-26,28,32-33,35-39,43-45,48-54,79-82,96H,16,18-20,27,29-31H2,1-15H3,(H2,67,85)(H,68,86)(H,69,95)(H,70,83)(H,71,89)(H,72,90)(H,73,84)(H,74,87)(H,75,88)(H,76,91)/b26-21-,34-28+,42-17-/t33?,35-,36+,37-,38+,39+,43+,44-,45?,48-,49+,50+,51?,52+,53+,54?,66?/m0/s1. The predicted molar refractivity (Wildman–Crippen MR) is 355 cm³/mol. The fourth-order valence-electron chi connectivity index (χ4n) is 10.8. The molecule has 0 aromatic heterocycles. The molecule has 2 heterocycles. The first-order valence-electron chi connectivity index (χ1n) is 32.6. The molecule has 0 aliphatic carbocycles. The van der Waals surface area contributed by atoms with Crippen LogP contribution in [-0.2, 0) is 76.5 Å². The number of nitrogens with zero attached hydrogens (tertiary/aromatic N) is 2. The molecule has 16 N–H and O–H groups in total. The van der Waals surface area contributed by atoms with E-state index in [0.717, 1.165) is 55.9 Å². The van der Waals surface area contributed by atoms with Gasteiger partial charge >= 0.3 is 5.97 Å². The van der Waals surface area contributed by atoms with Gasteiger partial charge in [0.25, 0.3) is 11.8 Å². The van der Waals surface area contributed by atoms with E-state index in [0.29, 0.717) is 12.8 Å². The minimum absolute atomic E-state index is 0.0856. The number of primary amides is 1. The Labute approximate surface area is 575 Å². The van der Waals surface area contributed by atoms with E-state index < -0.39 is 204 Å². The largest absolute Gasteiger partial charge is 0.508 e. The third kappa shape index (κ3) is 23.9. The van der Waals surface area contributed by atoms with Crippen molar-refractivity contribution in [1.29, 1.82) is 0 Å². The van der Waals surface area contributed by atoms with Gasteiger partial charge in [-0.05, 0) is 96.3 Å². The number of methoxy groups -OCH3 is 2. The Hall–Kier alpha value is -8.89. The Balaban J connectivity index is 2.17. The molecule has 3 rings (SSSR count). The number of piperidine rings is 1. The van der Waals surface area contributed by atoms with Gasteiger partial charge < -0.3 is 103 Å². The van der Waals surface area contributed by atoms with Crippen molar-refractivity contribution in [1.82, 2.24) is 57.7 Å². The molecule has 5 unspecified atom stereocenters. The topological polar surface area (TPSA) is 492 Å². The van der Waals surface area contributed by atoms with Crippen molar-refractivity contribution in [2.45, 2.75) is 193 Å². The number of aromatic hydroxyl groups is 1. The van der Waals surface area contributed by atoms with E-state index in [9.17, 15) is 68.7 Å². The van der Waals surface area contributed by atoms with Crippen LogP contribution >= 0.6 is 0 Å². The van der Waals surface area contributed by atoms with Gasteiger partial charge in [0.2, 0.25) is 59.1 Å². The molecule has 0 saturated carbocycles. The summed E-state index contributed by atoms with van der Waals surface area (Å²) in [4.78, 5) is 186. The van der Waals surface area contributed by atoms with Gasteiger partial charge in [-0.2, -0.15) is 0 Å². The minimum Gasteiger partial charge on any atom is -0.508 e. The molecule has 99 heavy (non-hydrogen) atoms. The molecule has 2 aliphatic rings. The average Bonchev–Trinajstić information content (AvgIpc) is 0.801. The number of nitrogens with two attached hydrogens (primary N) is 1. The van der Waals surface area contributed by atoms with Crippen molar-refractivity contribution in [2.75, 3.05) is 47.5 Å². The third-order valence-corrected chi connectivity index (χ3v) is 17.2. The number of aliphatic hydroxyl groups excluding tert-OH is 3. The molecule has 12 amide bonds. The summed E-state index contributed by atoms with van der Waals surface area (Å²) in [7, 11) is 3.54. The maximum atomic E-state index is 15.3. The number of allylic oxidation sites excluding steroid dienone is 4. The predicted octanol–water partition coefficient (Wildman–Crippen LogP) is -3.12. The number of likely N-dealkylation sites (N-methyl/N-ethyl adjacent to an activating group) is 1. The van der Waals surface area contributed by atoms with Gasteiger partial charge in [-0.15, -0.1) is 0 Å². The van der Waals surface area contributed by atoms with Crippen molar-refractivity contribution < 1.29 is 102 Å². The van der Waals surface area contributed by atoms with Gasteiger partial charge in [-0.1, -0.05) is 90.0 Å². The number of amides is 12.